The van der Waals surface area contributed by atoms with Gasteiger partial charge in [0.1, 0.15) is 6.61 Å². The van der Waals surface area contributed by atoms with Gasteiger partial charge in [-0.05, 0) is 12.5 Å². The van der Waals surface area contributed by atoms with E-state index in [4.69, 9.17) is 5.11 Å². The van der Waals surface area contributed by atoms with Crippen LogP contribution in [0, 0.1) is 6.92 Å². The number of hydrogen-bond donors (Lipinski definition) is 2. The molecule has 0 aliphatic heterocycles. The molecule has 0 spiro atoms. The van der Waals surface area contributed by atoms with E-state index in [9.17, 15) is 8.78 Å². The van der Waals surface area contributed by atoms with Gasteiger partial charge >= 0.3 is 0 Å². The Hall–Kier alpha value is -1.00. The van der Waals surface area contributed by atoms with Crippen molar-refractivity contribution in [3.63, 3.8) is 0 Å². The largest absolute Gasteiger partial charge is 0.390 e. The standard InChI is InChI=1S/C11H15F2NO/c1-9-2-4-10(5-3-9)6-14-7-11(12,13)8-15/h2-5,14-15H,6-8H2,1H3. The van der Waals surface area contributed by atoms with Crippen LogP contribution in [0.4, 0.5) is 8.78 Å². The predicted molar refractivity (Wildman–Crippen MR) is 54.9 cm³/mol. The minimum absolute atomic E-state index is 0.385. The molecular weight excluding hydrogens is 200 g/mol. The van der Waals surface area contributed by atoms with Gasteiger partial charge in [0.15, 0.2) is 0 Å². The highest BCUT2D eigenvalue weighted by molar-refractivity contribution is 5.21. The van der Waals surface area contributed by atoms with Gasteiger partial charge in [-0.2, -0.15) is 0 Å². The molecule has 0 unspecified atom stereocenters. The fourth-order valence-electron chi connectivity index (χ4n) is 1.15. The van der Waals surface area contributed by atoms with E-state index in [0.717, 1.165) is 11.1 Å². The Morgan fingerprint density at radius 2 is 1.87 bits per heavy atom. The number of halogens is 2. The summed E-state index contributed by atoms with van der Waals surface area (Å²) in [5, 5.41) is 10.9. The van der Waals surface area contributed by atoms with Gasteiger partial charge < -0.3 is 10.4 Å². The predicted octanol–water partition coefficient (Wildman–Crippen LogP) is 1.71. The molecule has 0 aliphatic rings. The molecule has 0 saturated carbocycles. The van der Waals surface area contributed by atoms with Crippen molar-refractivity contribution in [2.24, 2.45) is 0 Å². The third-order valence-corrected chi connectivity index (χ3v) is 2.06. The average Bonchev–Trinajstić information content (AvgIpc) is 2.21. The number of aryl methyl sites for hydroxylation is 1. The number of aliphatic hydroxyl groups is 1. The van der Waals surface area contributed by atoms with Crippen molar-refractivity contribution < 1.29 is 13.9 Å². The van der Waals surface area contributed by atoms with Gasteiger partial charge in [0.2, 0.25) is 0 Å². The summed E-state index contributed by atoms with van der Waals surface area (Å²) in [4.78, 5) is 0. The van der Waals surface area contributed by atoms with Gasteiger partial charge in [-0.15, -0.1) is 0 Å². The minimum atomic E-state index is -3.04. The maximum Gasteiger partial charge on any atom is 0.282 e. The fraction of sp³-hybridized carbons (Fsp3) is 0.455. The van der Waals surface area contributed by atoms with Crippen molar-refractivity contribution in [1.82, 2.24) is 5.32 Å². The van der Waals surface area contributed by atoms with Gasteiger partial charge in [0.25, 0.3) is 5.92 Å². The summed E-state index contributed by atoms with van der Waals surface area (Å²) < 4.78 is 25.2. The smallest absolute Gasteiger partial charge is 0.282 e. The van der Waals surface area contributed by atoms with E-state index in [1.807, 2.05) is 31.2 Å². The molecule has 1 aromatic carbocycles. The first kappa shape index (κ1) is 12.1. The lowest BCUT2D eigenvalue weighted by atomic mass is 10.1. The number of hydrogen-bond acceptors (Lipinski definition) is 2. The highest BCUT2D eigenvalue weighted by atomic mass is 19.3. The van der Waals surface area contributed by atoms with E-state index in [-0.39, 0.29) is 0 Å². The normalized spacial score (nSPS) is 11.7. The highest BCUT2D eigenvalue weighted by Crippen LogP contribution is 2.10. The van der Waals surface area contributed by atoms with Crippen molar-refractivity contribution >= 4 is 0 Å². The van der Waals surface area contributed by atoms with Crippen molar-refractivity contribution in [1.29, 1.82) is 0 Å². The number of nitrogens with one attached hydrogen (secondary N) is 1. The zero-order chi connectivity index (χ0) is 11.3. The van der Waals surface area contributed by atoms with Crippen LogP contribution in [0.1, 0.15) is 11.1 Å². The topological polar surface area (TPSA) is 32.3 Å². The summed E-state index contributed by atoms with van der Waals surface area (Å²) in [5.41, 5.74) is 2.09. The molecule has 0 saturated heterocycles. The summed E-state index contributed by atoms with van der Waals surface area (Å²) in [6.07, 6.45) is 0. The van der Waals surface area contributed by atoms with Crippen molar-refractivity contribution in [3.05, 3.63) is 35.4 Å². The molecule has 0 heterocycles. The molecule has 1 aromatic rings. The lowest BCUT2D eigenvalue weighted by Crippen LogP contribution is -2.35. The monoisotopic (exact) mass is 215 g/mol. The Morgan fingerprint density at radius 3 is 2.40 bits per heavy atom. The molecule has 0 aromatic heterocycles. The highest BCUT2D eigenvalue weighted by Gasteiger charge is 2.26. The van der Waals surface area contributed by atoms with Crippen LogP contribution in [0.25, 0.3) is 0 Å². The second kappa shape index (κ2) is 5.19. The molecule has 4 heteroatoms. The van der Waals surface area contributed by atoms with E-state index < -0.39 is 19.1 Å². The van der Waals surface area contributed by atoms with Crippen molar-refractivity contribution in [3.8, 4) is 0 Å². The van der Waals surface area contributed by atoms with Gasteiger partial charge in [-0.3, -0.25) is 0 Å². The first-order valence-electron chi connectivity index (χ1n) is 4.78. The average molecular weight is 215 g/mol. The van der Waals surface area contributed by atoms with E-state index in [1.165, 1.54) is 0 Å². The number of aliphatic hydroxyl groups excluding tert-OH is 1. The van der Waals surface area contributed by atoms with Gasteiger partial charge in [-0.1, -0.05) is 29.8 Å². The summed E-state index contributed by atoms with van der Waals surface area (Å²) in [7, 11) is 0. The van der Waals surface area contributed by atoms with Crippen molar-refractivity contribution in [2.75, 3.05) is 13.2 Å². The molecule has 1 rings (SSSR count). The molecule has 0 radical (unpaired) electrons. The Bertz CT molecular complexity index is 298. The number of alkyl halides is 2. The Morgan fingerprint density at radius 1 is 1.27 bits per heavy atom. The molecular formula is C11H15F2NO. The number of rotatable bonds is 5. The van der Waals surface area contributed by atoms with Gasteiger partial charge in [0.05, 0.1) is 6.54 Å². The van der Waals surface area contributed by atoms with Crippen molar-refractivity contribution in [2.45, 2.75) is 19.4 Å². The third-order valence-electron chi connectivity index (χ3n) is 2.06. The lowest BCUT2D eigenvalue weighted by molar-refractivity contribution is -0.0477. The molecule has 0 atom stereocenters. The lowest BCUT2D eigenvalue weighted by Gasteiger charge is -2.13. The summed E-state index contributed by atoms with van der Waals surface area (Å²) >= 11 is 0. The second-order valence-corrected chi connectivity index (χ2v) is 3.60. The van der Waals surface area contributed by atoms with Crippen LogP contribution in [0.5, 0.6) is 0 Å². The molecule has 0 aliphatic carbocycles. The molecule has 2 N–H and O–H groups in total. The molecule has 15 heavy (non-hydrogen) atoms. The zero-order valence-electron chi connectivity index (χ0n) is 8.63. The van der Waals surface area contributed by atoms with Crippen LogP contribution in [0.15, 0.2) is 24.3 Å². The Balaban J connectivity index is 2.35. The third kappa shape index (κ3) is 4.36. The quantitative estimate of drug-likeness (QED) is 0.783. The van der Waals surface area contributed by atoms with E-state index >= 15 is 0 Å². The van der Waals surface area contributed by atoms with E-state index in [0.29, 0.717) is 6.54 Å². The summed E-state index contributed by atoms with van der Waals surface area (Å²) in [5.74, 6) is -3.04. The fourth-order valence-corrected chi connectivity index (χ4v) is 1.15. The second-order valence-electron chi connectivity index (χ2n) is 3.60. The molecule has 0 fully saturated rings. The first-order valence-corrected chi connectivity index (χ1v) is 4.78. The minimum Gasteiger partial charge on any atom is -0.390 e. The zero-order valence-corrected chi connectivity index (χ0v) is 8.63. The van der Waals surface area contributed by atoms with Crippen LogP contribution >= 0.6 is 0 Å². The van der Waals surface area contributed by atoms with Crippen LogP contribution < -0.4 is 5.32 Å². The van der Waals surface area contributed by atoms with E-state index in [2.05, 4.69) is 5.32 Å². The molecule has 0 bridgehead atoms. The van der Waals surface area contributed by atoms with Crippen LogP contribution in [0.2, 0.25) is 0 Å². The maximum atomic E-state index is 12.6. The summed E-state index contributed by atoms with van der Waals surface area (Å²) in [6, 6.07) is 7.64. The van der Waals surface area contributed by atoms with Gasteiger partial charge in [-0.25, -0.2) is 8.78 Å². The summed E-state index contributed by atoms with van der Waals surface area (Å²) in [6.45, 7) is 0.734. The molecule has 84 valence electrons. The van der Waals surface area contributed by atoms with Gasteiger partial charge in [0, 0.05) is 6.54 Å². The number of benzene rings is 1. The molecule has 0 amide bonds. The Kier molecular flexibility index (Phi) is 4.17. The van der Waals surface area contributed by atoms with Crippen LogP contribution in [0.3, 0.4) is 0 Å². The van der Waals surface area contributed by atoms with E-state index in [1.54, 1.807) is 0 Å². The SMILES string of the molecule is Cc1ccc(CNCC(F)(F)CO)cc1. The first-order chi connectivity index (χ1) is 7.03. The Labute approximate surface area is 87.9 Å². The maximum absolute atomic E-state index is 12.6. The van der Waals surface area contributed by atoms with Crippen LogP contribution in [-0.4, -0.2) is 24.2 Å². The molecule has 2 nitrogen and oxygen atoms in total. The van der Waals surface area contributed by atoms with Crippen LogP contribution in [-0.2, 0) is 6.54 Å².